The van der Waals surface area contributed by atoms with Gasteiger partial charge in [0.15, 0.2) is 0 Å². The fourth-order valence-corrected chi connectivity index (χ4v) is 3.87. The van der Waals surface area contributed by atoms with Crippen molar-refractivity contribution in [1.29, 1.82) is 10.5 Å². The molecular weight excluding hydrogens is 444 g/mol. The molecule has 0 amide bonds. The van der Waals surface area contributed by atoms with Crippen LogP contribution in [0.1, 0.15) is 97.6 Å². The number of phenolic OH excluding ortho intramolecular Hbond substituents is 1. The van der Waals surface area contributed by atoms with Crippen molar-refractivity contribution in [3.8, 4) is 34.8 Å². The van der Waals surface area contributed by atoms with E-state index in [1.807, 2.05) is 52.0 Å². The molecule has 0 radical (unpaired) electrons. The Kier molecular flexibility index (Phi) is 13.1. The summed E-state index contributed by atoms with van der Waals surface area (Å²) in [6.07, 6.45) is 8.17. The highest BCUT2D eigenvalue weighted by Crippen LogP contribution is 2.37. The molecule has 2 aromatic rings. The van der Waals surface area contributed by atoms with Crippen LogP contribution in [0.15, 0.2) is 36.4 Å². The topological polar surface area (TPSA) is 77.0 Å². The average Bonchev–Trinajstić information content (AvgIpc) is 2.86. The summed E-state index contributed by atoms with van der Waals surface area (Å²) in [7, 11) is 0. The zero-order valence-electron chi connectivity index (χ0n) is 23.6. The number of unbranched alkanes of at least 4 members (excludes halogenated alkanes) is 3. The van der Waals surface area contributed by atoms with Gasteiger partial charge in [0.25, 0.3) is 0 Å². The quantitative estimate of drug-likeness (QED) is 0.301. The molecule has 0 unspecified atom stereocenters. The average molecular weight is 491 g/mol. The van der Waals surface area contributed by atoms with Gasteiger partial charge in [-0.2, -0.15) is 10.5 Å². The number of nitriles is 2. The molecule has 1 N–H and O–H groups in total. The monoisotopic (exact) mass is 490 g/mol. The lowest BCUT2D eigenvalue weighted by molar-refractivity contribution is 0.296. The SMILES string of the molecule is CCCCC(C)(C)C#N.CCc1cc(-c2ccccc2C)c(O)cc1OCCCCCC(C)(C)C#N. The molecule has 0 aromatic heterocycles. The van der Waals surface area contributed by atoms with Gasteiger partial charge in [-0.15, -0.1) is 0 Å². The minimum Gasteiger partial charge on any atom is -0.507 e. The molecule has 0 aliphatic heterocycles. The normalized spacial score (nSPS) is 11.1. The Morgan fingerprint density at radius 2 is 1.44 bits per heavy atom. The van der Waals surface area contributed by atoms with Crippen molar-refractivity contribution in [2.24, 2.45) is 10.8 Å². The molecule has 0 atom stereocenters. The third-order valence-corrected chi connectivity index (χ3v) is 6.46. The second-order valence-electron chi connectivity index (χ2n) is 10.9. The van der Waals surface area contributed by atoms with E-state index in [1.54, 1.807) is 6.07 Å². The molecule has 196 valence electrons. The van der Waals surface area contributed by atoms with Crippen LogP contribution < -0.4 is 4.74 Å². The molecule has 0 saturated carbocycles. The Hall–Kier alpha value is -2.98. The molecule has 4 nitrogen and oxygen atoms in total. The van der Waals surface area contributed by atoms with Crippen LogP contribution in [0, 0.1) is 40.4 Å². The van der Waals surface area contributed by atoms with Gasteiger partial charge in [0.2, 0.25) is 0 Å². The molecule has 0 bridgehead atoms. The van der Waals surface area contributed by atoms with Crippen molar-refractivity contribution >= 4 is 0 Å². The molecule has 36 heavy (non-hydrogen) atoms. The summed E-state index contributed by atoms with van der Waals surface area (Å²) in [4.78, 5) is 0. The largest absolute Gasteiger partial charge is 0.507 e. The van der Waals surface area contributed by atoms with Crippen LogP contribution >= 0.6 is 0 Å². The summed E-state index contributed by atoms with van der Waals surface area (Å²) in [6.45, 7) is 14.9. The van der Waals surface area contributed by atoms with Gasteiger partial charge in [0.1, 0.15) is 11.5 Å². The minimum atomic E-state index is -0.243. The lowest BCUT2D eigenvalue weighted by Gasteiger charge is -2.16. The van der Waals surface area contributed by atoms with E-state index in [4.69, 9.17) is 15.3 Å². The van der Waals surface area contributed by atoms with E-state index in [2.05, 4.69) is 39.0 Å². The first-order chi connectivity index (χ1) is 17.0. The maximum absolute atomic E-state index is 10.5. The van der Waals surface area contributed by atoms with Crippen molar-refractivity contribution in [2.45, 2.75) is 99.8 Å². The number of hydrogen-bond acceptors (Lipinski definition) is 4. The first kappa shape index (κ1) is 31.1. The highest BCUT2D eigenvalue weighted by molar-refractivity contribution is 5.75. The van der Waals surface area contributed by atoms with Crippen molar-refractivity contribution < 1.29 is 9.84 Å². The number of ether oxygens (including phenoxy) is 1. The van der Waals surface area contributed by atoms with Gasteiger partial charge < -0.3 is 9.84 Å². The van der Waals surface area contributed by atoms with Crippen LogP contribution in [0.4, 0.5) is 0 Å². The zero-order valence-corrected chi connectivity index (χ0v) is 23.6. The zero-order chi connectivity index (χ0) is 27.2. The summed E-state index contributed by atoms with van der Waals surface area (Å²) in [6, 6.07) is 16.5. The number of phenols is 1. The molecule has 2 aromatic carbocycles. The van der Waals surface area contributed by atoms with Gasteiger partial charge in [-0.25, -0.2) is 0 Å². The second kappa shape index (κ2) is 15.2. The van der Waals surface area contributed by atoms with Crippen LogP contribution in [0.5, 0.6) is 11.5 Å². The van der Waals surface area contributed by atoms with Gasteiger partial charge >= 0.3 is 0 Å². The van der Waals surface area contributed by atoms with Crippen molar-refractivity contribution in [2.75, 3.05) is 6.61 Å². The van der Waals surface area contributed by atoms with Crippen LogP contribution in [0.2, 0.25) is 0 Å². The van der Waals surface area contributed by atoms with Crippen molar-refractivity contribution in [3.05, 3.63) is 47.5 Å². The predicted molar refractivity (Wildman–Crippen MR) is 150 cm³/mol. The highest BCUT2D eigenvalue weighted by Gasteiger charge is 2.16. The predicted octanol–water partition coefficient (Wildman–Crippen LogP) is 9.15. The van der Waals surface area contributed by atoms with Crippen LogP contribution in [0.3, 0.4) is 0 Å². The Labute approximate surface area is 219 Å². The molecule has 0 saturated heterocycles. The molecule has 0 aliphatic rings. The summed E-state index contributed by atoms with van der Waals surface area (Å²) in [5.74, 6) is 1.02. The summed E-state index contributed by atoms with van der Waals surface area (Å²) in [5, 5.41) is 28.2. The van der Waals surface area contributed by atoms with E-state index in [1.165, 1.54) is 12.8 Å². The van der Waals surface area contributed by atoms with Crippen molar-refractivity contribution in [3.63, 3.8) is 0 Å². The number of hydrogen-bond donors (Lipinski definition) is 1. The van der Waals surface area contributed by atoms with E-state index >= 15 is 0 Å². The van der Waals surface area contributed by atoms with Gasteiger partial charge in [-0.3, -0.25) is 0 Å². The van der Waals surface area contributed by atoms with Crippen LogP contribution in [-0.4, -0.2) is 11.7 Å². The first-order valence-electron chi connectivity index (χ1n) is 13.4. The lowest BCUT2D eigenvalue weighted by atomic mass is 9.89. The van der Waals surface area contributed by atoms with Crippen LogP contribution in [-0.2, 0) is 6.42 Å². The first-order valence-corrected chi connectivity index (χ1v) is 13.4. The van der Waals surface area contributed by atoms with E-state index in [0.29, 0.717) is 6.61 Å². The Bertz CT molecular complexity index is 1030. The number of rotatable bonds is 12. The number of aryl methyl sites for hydroxylation is 2. The molecule has 0 fully saturated rings. The Balaban J connectivity index is 0.000000613. The fourth-order valence-electron chi connectivity index (χ4n) is 3.87. The smallest absolute Gasteiger partial charge is 0.127 e. The van der Waals surface area contributed by atoms with Crippen molar-refractivity contribution in [1.82, 2.24) is 0 Å². The van der Waals surface area contributed by atoms with E-state index in [0.717, 1.165) is 66.5 Å². The highest BCUT2D eigenvalue weighted by atomic mass is 16.5. The fraction of sp³-hybridized carbons (Fsp3) is 0.562. The molecule has 0 spiro atoms. The summed E-state index contributed by atoms with van der Waals surface area (Å²) in [5.41, 5.74) is 3.82. The maximum Gasteiger partial charge on any atom is 0.127 e. The minimum absolute atomic E-state index is 0.101. The van der Waals surface area contributed by atoms with E-state index < -0.39 is 0 Å². The van der Waals surface area contributed by atoms with E-state index in [-0.39, 0.29) is 16.6 Å². The summed E-state index contributed by atoms with van der Waals surface area (Å²) >= 11 is 0. The molecule has 4 heteroatoms. The number of nitrogens with zero attached hydrogens (tertiary/aromatic N) is 2. The third-order valence-electron chi connectivity index (χ3n) is 6.46. The molecule has 0 heterocycles. The Morgan fingerprint density at radius 3 is 2.00 bits per heavy atom. The Morgan fingerprint density at radius 1 is 0.833 bits per heavy atom. The lowest BCUT2D eigenvalue weighted by Crippen LogP contribution is -2.07. The van der Waals surface area contributed by atoms with Crippen LogP contribution in [0.25, 0.3) is 11.1 Å². The second-order valence-corrected chi connectivity index (χ2v) is 10.9. The molecule has 2 rings (SSSR count). The number of aromatic hydroxyl groups is 1. The molecule has 0 aliphatic carbocycles. The van der Waals surface area contributed by atoms with E-state index in [9.17, 15) is 5.11 Å². The van der Waals surface area contributed by atoms with Gasteiger partial charge in [0.05, 0.1) is 29.6 Å². The van der Waals surface area contributed by atoms with Gasteiger partial charge in [-0.05, 0) is 83.1 Å². The standard InChI is InChI=1S/C24H31NO2.C8H15N/c1-5-19-15-21(20-12-8-7-11-18(20)2)22(26)16-23(19)27-14-10-6-9-13-24(3,4)17-25;1-4-5-6-8(2,3)7-9/h7-8,11-12,15-16,26H,5-6,9-10,13-14H2,1-4H3;4-6H2,1-3H3. The molecular formula is C32H46N2O2. The van der Waals surface area contributed by atoms with Gasteiger partial charge in [0, 0.05) is 11.6 Å². The number of benzene rings is 2. The van der Waals surface area contributed by atoms with Gasteiger partial charge in [-0.1, -0.05) is 63.8 Å². The maximum atomic E-state index is 10.5. The summed E-state index contributed by atoms with van der Waals surface area (Å²) < 4.78 is 5.96. The third kappa shape index (κ3) is 10.7.